The monoisotopic (exact) mass is 1300 g/mol. The van der Waals surface area contributed by atoms with Crippen molar-refractivity contribution in [3.8, 4) is 5.75 Å². The summed E-state index contributed by atoms with van der Waals surface area (Å²) in [6.07, 6.45) is -6.52. The lowest BCUT2D eigenvalue weighted by Crippen LogP contribution is -2.63. The number of anilines is 1. The largest absolute Gasteiger partial charge is 0.481 e. The standard InChI is InChI=1S/C62H86N8O18S2/c1-10-34(4)50(59(81)68(7)42(33(2)3)29-45(86-36(6)71)57-66-41(32-90-57)55(78)64-39(26-35(5)60(82)83)27-37-16-12-11-13-17-37)67-56(79)43-18-14-15-25-70(43,8)31-38-19-20-44(87-62-53(77)51(75)52(76)54(88-62)61(84)85)40(28-38)65-48(73)21-23-63-47(72)22-24-69-49(74)30-46(89-9)58(69)80/h11-13,16-17,19-20,28,32-35,39,42-43,45-46,50-54,62,75-77H,10,14-15,18,21-27,29-31H2,1-9H3,(H5-,63,64,65,67,72,73,78,79,82,83,84,85)/p+1/t34-,35-,39+,42+,43+,45+,46?,50-,51-,52-,53+,54-,62?,70?/m0/s1. The van der Waals surface area contributed by atoms with E-state index in [9.17, 15) is 73.5 Å². The molecule has 3 unspecified atom stereocenters. The molecule has 9 N–H and O–H groups in total. The molecule has 0 saturated carbocycles. The normalized spacial score (nSPS) is 23.7. The van der Waals surface area contributed by atoms with Crippen molar-refractivity contribution in [1.82, 2.24) is 30.7 Å². The molecular formula is C62H87N8O18S2+. The molecule has 1 aromatic heterocycles. The van der Waals surface area contributed by atoms with Gasteiger partial charge in [0.05, 0.1) is 30.4 Å². The molecule has 0 spiro atoms. The molecule has 90 heavy (non-hydrogen) atoms. The fourth-order valence-corrected chi connectivity index (χ4v) is 13.1. The summed E-state index contributed by atoms with van der Waals surface area (Å²) < 4.78 is 17.3. The van der Waals surface area contributed by atoms with Gasteiger partial charge in [-0.05, 0) is 67.5 Å². The van der Waals surface area contributed by atoms with Gasteiger partial charge >= 0.3 is 17.9 Å². The number of likely N-dealkylation sites (N-methyl/N-ethyl adjacent to an activating group) is 2. The Morgan fingerprint density at radius 1 is 0.911 bits per heavy atom. The van der Waals surface area contributed by atoms with Gasteiger partial charge in [-0.3, -0.25) is 48.1 Å². The van der Waals surface area contributed by atoms with Crippen LogP contribution in [0.4, 0.5) is 5.69 Å². The van der Waals surface area contributed by atoms with Crippen LogP contribution in [0.15, 0.2) is 53.9 Å². The second-order valence-electron chi connectivity index (χ2n) is 24.1. The number of benzene rings is 2. The van der Waals surface area contributed by atoms with Crippen LogP contribution in [-0.4, -0.2) is 204 Å². The molecule has 26 nitrogen and oxygen atoms in total. The van der Waals surface area contributed by atoms with Crippen molar-refractivity contribution in [3.63, 3.8) is 0 Å². The number of rotatable bonds is 31. The number of esters is 1. The number of aliphatic hydroxyl groups excluding tert-OH is 3. The number of nitrogens with zero attached hydrogens (tertiary/aromatic N) is 4. The van der Waals surface area contributed by atoms with Crippen LogP contribution in [0.2, 0.25) is 0 Å². The Morgan fingerprint density at radius 3 is 2.26 bits per heavy atom. The van der Waals surface area contributed by atoms with Crippen molar-refractivity contribution >= 4 is 88.0 Å². The molecule has 494 valence electrons. The lowest BCUT2D eigenvalue weighted by atomic mass is 9.92. The lowest BCUT2D eigenvalue weighted by molar-refractivity contribution is -0.942. The fourth-order valence-electron chi connectivity index (χ4n) is 11.6. The summed E-state index contributed by atoms with van der Waals surface area (Å²) in [5, 5.41) is 64.0. The number of carboxylic acid groups (broad SMARTS) is 2. The Labute approximate surface area is 531 Å². The van der Waals surface area contributed by atoms with Gasteiger partial charge in [-0.15, -0.1) is 11.3 Å². The molecule has 2 aromatic carbocycles. The van der Waals surface area contributed by atoms with Gasteiger partial charge in [0.2, 0.25) is 35.8 Å². The number of likely N-dealkylation sites (tertiary alicyclic amines) is 2. The molecule has 3 aliphatic rings. The number of carboxylic acids is 2. The predicted octanol–water partition coefficient (Wildman–Crippen LogP) is 3.40. The van der Waals surface area contributed by atoms with Crippen LogP contribution < -0.4 is 26.0 Å². The van der Waals surface area contributed by atoms with Gasteiger partial charge in [-0.25, -0.2) is 9.78 Å². The molecule has 3 aromatic rings. The first-order valence-corrected chi connectivity index (χ1v) is 32.5. The van der Waals surface area contributed by atoms with Gasteiger partial charge in [-0.1, -0.05) is 71.4 Å². The summed E-state index contributed by atoms with van der Waals surface area (Å²) in [6.45, 7) is 10.8. The van der Waals surface area contributed by atoms with Crippen LogP contribution in [0.25, 0.3) is 0 Å². The van der Waals surface area contributed by atoms with Crippen LogP contribution in [-0.2, 0) is 65.6 Å². The molecule has 3 fully saturated rings. The van der Waals surface area contributed by atoms with Gasteiger partial charge in [0.25, 0.3) is 11.8 Å². The number of thioether (sulfide) groups is 1. The average molecular weight is 1300 g/mol. The number of carbonyl (C=O) groups is 10. The quantitative estimate of drug-likeness (QED) is 0.0253. The highest BCUT2D eigenvalue weighted by atomic mass is 32.2. The maximum Gasteiger partial charge on any atom is 0.335 e. The van der Waals surface area contributed by atoms with E-state index in [2.05, 4.69) is 26.3 Å². The number of thiazole rings is 1. The summed E-state index contributed by atoms with van der Waals surface area (Å²) in [6, 6.07) is 11.1. The van der Waals surface area contributed by atoms with Crippen molar-refractivity contribution in [2.24, 2.45) is 17.8 Å². The third-order valence-electron chi connectivity index (χ3n) is 17.0. The van der Waals surface area contributed by atoms with Gasteiger partial charge in [0, 0.05) is 82.2 Å². The van der Waals surface area contributed by atoms with Crippen molar-refractivity contribution in [1.29, 1.82) is 0 Å². The minimum atomic E-state index is -2.01. The molecule has 28 heteroatoms. The zero-order valence-corrected chi connectivity index (χ0v) is 54.0. The number of hydrogen-bond acceptors (Lipinski definition) is 19. The zero-order valence-electron chi connectivity index (χ0n) is 52.3. The molecular weight excluding hydrogens is 1210 g/mol. The SMILES string of the molecule is CC[C@H](C)[C@H](NC(=O)[C@H]1CCCC[N+]1(C)Cc1ccc(OC2O[C@H](C(=O)O)[C@@H](O)[C@H](O)[C@H]2O)c(NC(=O)CCNC(=O)CCN2C(=O)CC(SC)C2=O)c1)C(=O)N(C)[C@H](C[C@@H](OC(C)=O)c1nc(C(=O)N[C@@H](Cc2ccccc2)C[C@H](C)C(=O)O)cs1)C(C)C. The average Bonchev–Trinajstić information content (AvgIpc) is 1.21. The van der Waals surface area contributed by atoms with E-state index in [4.69, 9.17) is 14.2 Å². The second-order valence-corrected chi connectivity index (χ2v) is 26.1. The molecule has 14 atom stereocenters. The van der Waals surface area contributed by atoms with E-state index in [1.807, 2.05) is 65.1 Å². The maximum absolute atomic E-state index is 15.0. The number of piperidine rings is 1. The smallest absolute Gasteiger partial charge is 0.335 e. The predicted molar refractivity (Wildman–Crippen MR) is 330 cm³/mol. The zero-order chi connectivity index (χ0) is 66.3. The number of quaternary nitrogens is 1. The number of amides is 7. The van der Waals surface area contributed by atoms with Crippen molar-refractivity contribution in [3.05, 3.63) is 75.7 Å². The number of imide groups is 1. The Balaban J connectivity index is 1.18. The molecule has 6 rings (SSSR count). The molecule has 7 amide bonds. The molecule has 4 heterocycles. The van der Waals surface area contributed by atoms with E-state index in [1.165, 1.54) is 30.1 Å². The highest BCUT2D eigenvalue weighted by molar-refractivity contribution is 8.00. The molecule has 3 aliphatic heterocycles. The minimum absolute atomic E-state index is 0.000344. The Hall–Kier alpha value is -7.08. The van der Waals surface area contributed by atoms with Gasteiger partial charge in [0.1, 0.15) is 47.3 Å². The molecule has 0 bridgehead atoms. The first-order valence-electron chi connectivity index (χ1n) is 30.3. The summed E-state index contributed by atoms with van der Waals surface area (Å²) in [7, 11) is 3.54. The fraction of sp³-hybridized carbons (Fsp3) is 0.597. The van der Waals surface area contributed by atoms with Gasteiger partial charge in [0.15, 0.2) is 18.2 Å². The van der Waals surface area contributed by atoms with Crippen LogP contribution >= 0.6 is 23.1 Å². The Kier molecular flexibility index (Phi) is 26.2. The third-order valence-corrected chi connectivity index (χ3v) is 18.9. The molecule has 3 saturated heterocycles. The van der Waals surface area contributed by atoms with E-state index in [1.54, 1.807) is 37.3 Å². The number of carbonyl (C=O) groups excluding carboxylic acids is 8. The van der Waals surface area contributed by atoms with E-state index >= 15 is 0 Å². The number of aromatic nitrogens is 1. The van der Waals surface area contributed by atoms with Crippen molar-refractivity contribution < 1.29 is 92.2 Å². The lowest BCUT2D eigenvalue weighted by Gasteiger charge is -2.44. The van der Waals surface area contributed by atoms with Crippen molar-refractivity contribution in [2.75, 3.05) is 45.3 Å². The number of aliphatic carboxylic acids is 2. The maximum atomic E-state index is 15.0. The summed E-state index contributed by atoms with van der Waals surface area (Å²) >= 11 is 2.35. The summed E-state index contributed by atoms with van der Waals surface area (Å²) in [5.41, 5.74) is 1.53. The van der Waals surface area contributed by atoms with Gasteiger partial charge in [-0.2, -0.15) is 11.8 Å². The number of ether oxygens (including phenoxy) is 3. The second kappa shape index (κ2) is 32.8. The first-order chi connectivity index (χ1) is 42.5. The van der Waals surface area contributed by atoms with Crippen LogP contribution in [0.3, 0.4) is 0 Å². The van der Waals surface area contributed by atoms with Crippen LogP contribution in [0.5, 0.6) is 5.75 Å². The summed E-state index contributed by atoms with van der Waals surface area (Å²) in [4.78, 5) is 139. The topological polar surface area (TPSA) is 367 Å². The van der Waals surface area contributed by atoms with E-state index < -0.39 is 108 Å². The van der Waals surface area contributed by atoms with Crippen molar-refractivity contribution in [2.45, 2.75) is 179 Å². The molecule has 0 radical (unpaired) electrons. The number of hydrogen-bond donors (Lipinski definition) is 9. The first kappa shape index (κ1) is 72.0. The minimum Gasteiger partial charge on any atom is -0.481 e. The molecule has 0 aliphatic carbocycles. The highest BCUT2D eigenvalue weighted by Gasteiger charge is 2.49. The van der Waals surface area contributed by atoms with E-state index in [0.717, 1.165) is 28.2 Å². The van der Waals surface area contributed by atoms with E-state index in [0.29, 0.717) is 42.8 Å². The van der Waals surface area contributed by atoms with Crippen LogP contribution in [0.1, 0.15) is 132 Å². The number of nitrogens with one attached hydrogen (secondary N) is 4. The van der Waals surface area contributed by atoms with Gasteiger partial charge < -0.3 is 70.4 Å². The third kappa shape index (κ3) is 19.0. The highest BCUT2D eigenvalue weighted by Crippen LogP contribution is 2.36. The Bertz CT molecular complexity index is 3040. The summed E-state index contributed by atoms with van der Waals surface area (Å²) in [5.74, 6) is -7.94. The Morgan fingerprint density at radius 2 is 1.62 bits per heavy atom. The number of aliphatic hydroxyl groups is 3. The van der Waals surface area contributed by atoms with E-state index in [-0.39, 0.29) is 109 Å². The van der Waals surface area contributed by atoms with Crippen LogP contribution in [0, 0.1) is 17.8 Å².